The van der Waals surface area contributed by atoms with Crippen molar-refractivity contribution in [1.29, 1.82) is 0 Å². The van der Waals surface area contributed by atoms with Gasteiger partial charge in [-0.05, 0) is 38.1 Å². The Bertz CT molecular complexity index is 658. The molecule has 0 aromatic heterocycles. The quantitative estimate of drug-likeness (QED) is 0.859. The van der Waals surface area contributed by atoms with Gasteiger partial charge in [0.1, 0.15) is 5.82 Å². The number of halogens is 2. The van der Waals surface area contributed by atoms with Crippen LogP contribution >= 0.6 is 11.6 Å². The molecule has 3 nitrogen and oxygen atoms in total. The predicted molar refractivity (Wildman–Crippen MR) is 83.0 cm³/mol. The number of rotatable bonds is 3. The van der Waals surface area contributed by atoms with Gasteiger partial charge in [-0.3, -0.25) is 0 Å². The van der Waals surface area contributed by atoms with E-state index in [0.717, 1.165) is 0 Å². The molecule has 2 amide bonds. The molecule has 0 spiro atoms. The normalized spacial score (nSPS) is 11.0. The number of carbonyl (C=O) groups excluding carboxylic acids is 1. The SMILES string of the molecule is CC(C)(NC(=O)Nc1cccc(Cl)c1)c1ccccc1F. The van der Waals surface area contributed by atoms with Crippen LogP contribution in [0.2, 0.25) is 5.02 Å². The van der Waals surface area contributed by atoms with Crippen LogP contribution < -0.4 is 10.6 Å². The van der Waals surface area contributed by atoms with E-state index >= 15 is 0 Å². The van der Waals surface area contributed by atoms with Gasteiger partial charge in [-0.25, -0.2) is 9.18 Å². The van der Waals surface area contributed by atoms with Crippen LogP contribution in [0.4, 0.5) is 14.9 Å². The van der Waals surface area contributed by atoms with Gasteiger partial charge in [-0.15, -0.1) is 0 Å². The lowest BCUT2D eigenvalue weighted by molar-refractivity contribution is 0.241. The summed E-state index contributed by atoms with van der Waals surface area (Å²) in [6, 6.07) is 12.7. The molecular formula is C16H16ClFN2O. The third kappa shape index (κ3) is 3.95. The molecule has 2 aromatic rings. The number of hydrogen-bond acceptors (Lipinski definition) is 1. The molecule has 0 aliphatic carbocycles. The Morgan fingerprint density at radius 1 is 1.14 bits per heavy atom. The number of amides is 2. The molecule has 0 saturated heterocycles. The third-order valence-corrected chi connectivity index (χ3v) is 3.29. The Kier molecular flexibility index (Phi) is 4.48. The predicted octanol–water partition coefficient (Wildman–Crippen LogP) is 4.54. The summed E-state index contributed by atoms with van der Waals surface area (Å²) < 4.78 is 13.8. The fourth-order valence-electron chi connectivity index (χ4n) is 2.05. The molecule has 0 saturated carbocycles. The van der Waals surface area contributed by atoms with Gasteiger partial charge in [0.05, 0.1) is 5.54 Å². The lowest BCUT2D eigenvalue weighted by Crippen LogP contribution is -2.43. The Morgan fingerprint density at radius 3 is 2.52 bits per heavy atom. The maximum absolute atomic E-state index is 13.8. The molecule has 0 fully saturated rings. The van der Waals surface area contributed by atoms with Crippen molar-refractivity contribution in [2.24, 2.45) is 0 Å². The van der Waals surface area contributed by atoms with Crippen molar-refractivity contribution in [3.05, 3.63) is 64.9 Å². The lowest BCUT2D eigenvalue weighted by Gasteiger charge is -2.27. The molecule has 0 bridgehead atoms. The zero-order valence-electron chi connectivity index (χ0n) is 11.8. The fourth-order valence-corrected chi connectivity index (χ4v) is 2.24. The highest BCUT2D eigenvalue weighted by Gasteiger charge is 2.25. The molecule has 5 heteroatoms. The largest absolute Gasteiger partial charge is 0.329 e. The van der Waals surface area contributed by atoms with Crippen molar-refractivity contribution in [3.63, 3.8) is 0 Å². The van der Waals surface area contributed by atoms with Crippen molar-refractivity contribution >= 4 is 23.3 Å². The van der Waals surface area contributed by atoms with Gasteiger partial charge >= 0.3 is 6.03 Å². The van der Waals surface area contributed by atoms with Crippen LogP contribution in [0.1, 0.15) is 19.4 Å². The van der Waals surface area contributed by atoms with Crippen molar-refractivity contribution < 1.29 is 9.18 Å². The summed E-state index contributed by atoms with van der Waals surface area (Å²) in [7, 11) is 0. The zero-order valence-corrected chi connectivity index (χ0v) is 12.5. The maximum atomic E-state index is 13.8. The first kappa shape index (κ1) is 15.3. The van der Waals surface area contributed by atoms with Crippen LogP contribution in [0.25, 0.3) is 0 Å². The van der Waals surface area contributed by atoms with E-state index in [2.05, 4.69) is 10.6 Å². The van der Waals surface area contributed by atoms with E-state index in [1.165, 1.54) is 6.07 Å². The van der Waals surface area contributed by atoms with Gasteiger partial charge in [0.15, 0.2) is 0 Å². The van der Waals surface area contributed by atoms with Crippen LogP contribution in [0.15, 0.2) is 48.5 Å². The standard InChI is InChI=1S/C16H16ClFN2O/c1-16(2,13-8-3-4-9-14(13)18)20-15(21)19-12-7-5-6-11(17)10-12/h3-10H,1-2H3,(H2,19,20,21). The number of hydrogen-bond donors (Lipinski definition) is 2. The summed E-state index contributed by atoms with van der Waals surface area (Å²) in [5, 5.41) is 5.95. The molecule has 0 aliphatic heterocycles. The highest BCUT2D eigenvalue weighted by Crippen LogP contribution is 2.23. The monoisotopic (exact) mass is 306 g/mol. The summed E-state index contributed by atoms with van der Waals surface area (Å²) in [5.74, 6) is -0.356. The van der Waals surface area contributed by atoms with E-state index in [9.17, 15) is 9.18 Å². The summed E-state index contributed by atoms with van der Waals surface area (Å²) in [5.41, 5.74) is 0.157. The molecular weight excluding hydrogens is 291 g/mol. The summed E-state index contributed by atoms with van der Waals surface area (Å²) >= 11 is 5.86. The molecule has 0 aliphatic rings. The van der Waals surface area contributed by atoms with Crippen molar-refractivity contribution in [3.8, 4) is 0 Å². The van der Waals surface area contributed by atoms with Gasteiger partial charge in [-0.2, -0.15) is 0 Å². The van der Waals surface area contributed by atoms with Crippen molar-refractivity contribution in [2.45, 2.75) is 19.4 Å². The van der Waals surface area contributed by atoms with E-state index in [1.807, 2.05) is 0 Å². The Morgan fingerprint density at radius 2 is 1.86 bits per heavy atom. The van der Waals surface area contributed by atoms with E-state index in [4.69, 9.17) is 11.6 Å². The first-order chi connectivity index (χ1) is 9.88. The average molecular weight is 307 g/mol. The van der Waals surface area contributed by atoms with E-state index < -0.39 is 11.6 Å². The first-order valence-corrected chi connectivity index (χ1v) is 6.86. The maximum Gasteiger partial charge on any atom is 0.319 e. The van der Waals surface area contributed by atoms with Gasteiger partial charge < -0.3 is 10.6 Å². The zero-order chi connectivity index (χ0) is 15.5. The number of anilines is 1. The Labute approximate surface area is 128 Å². The van der Waals surface area contributed by atoms with Gasteiger partial charge in [0.25, 0.3) is 0 Å². The fraction of sp³-hybridized carbons (Fsp3) is 0.188. The Balaban J connectivity index is 2.10. The highest BCUT2D eigenvalue weighted by atomic mass is 35.5. The van der Waals surface area contributed by atoms with Gasteiger partial charge in [0, 0.05) is 16.3 Å². The minimum absolute atomic E-state index is 0.356. The molecule has 2 N–H and O–H groups in total. The van der Waals surface area contributed by atoms with Crippen LogP contribution in [-0.4, -0.2) is 6.03 Å². The number of carbonyl (C=O) groups is 1. The molecule has 110 valence electrons. The lowest BCUT2D eigenvalue weighted by atomic mass is 9.94. The topological polar surface area (TPSA) is 41.1 Å². The van der Waals surface area contributed by atoms with E-state index in [-0.39, 0.29) is 5.82 Å². The van der Waals surface area contributed by atoms with Crippen molar-refractivity contribution in [1.82, 2.24) is 5.32 Å². The molecule has 0 atom stereocenters. The van der Waals surface area contributed by atoms with Crippen LogP contribution in [-0.2, 0) is 5.54 Å². The molecule has 2 rings (SSSR count). The minimum atomic E-state index is -0.839. The highest BCUT2D eigenvalue weighted by molar-refractivity contribution is 6.30. The smallest absolute Gasteiger partial charge is 0.319 e. The minimum Gasteiger partial charge on any atom is -0.329 e. The van der Waals surface area contributed by atoms with Gasteiger partial charge in [-0.1, -0.05) is 35.9 Å². The Hall–Kier alpha value is -2.07. The van der Waals surface area contributed by atoms with E-state index in [1.54, 1.807) is 56.3 Å². The summed E-state index contributed by atoms with van der Waals surface area (Å²) in [4.78, 5) is 12.0. The van der Waals surface area contributed by atoms with E-state index in [0.29, 0.717) is 16.3 Å². The van der Waals surface area contributed by atoms with Crippen LogP contribution in [0.3, 0.4) is 0 Å². The first-order valence-electron chi connectivity index (χ1n) is 6.48. The number of urea groups is 1. The molecule has 0 heterocycles. The molecule has 0 radical (unpaired) electrons. The molecule has 0 unspecified atom stereocenters. The second-order valence-corrected chi connectivity index (χ2v) is 5.63. The van der Waals surface area contributed by atoms with Crippen LogP contribution in [0, 0.1) is 5.82 Å². The molecule has 21 heavy (non-hydrogen) atoms. The second-order valence-electron chi connectivity index (χ2n) is 5.19. The summed E-state index contributed by atoms with van der Waals surface area (Å²) in [6.07, 6.45) is 0. The second kappa shape index (κ2) is 6.14. The third-order valence-electron chi connectivity index (χ3n) is 3.06. The average Bonchev–Trinajstić information content (AvgIpc) is 2.38. The number of nitrogens with one attached hydrogen (secondary N) is 2. The summed E-state index contributed by atoms with van der Waals surface area (Å²) in [6.45, 7) is 3.48. The molecule has 2 aromatic carbocycles. The van der Waals surface area contributed by atoms with Crippen LogP contribution in [0.5, 0.6) is 0 Å². The van der Waals surface area contributed by atoms with Crippen molar-refractivity contribution in [2.75, 3.05) is 5.32 Å². The number of benzene rings is 2. The van der Waals surface area contributed by atoms with Gasteiger partial charge in [0.2, 0.25) is 0 Å².